The van der Waals surface area contributed by atoms with Crippen LogP contribution in [0.1, 0.15) is 20.8 Å². The molecule has 0 atom stereocenters. The molecule has 0 aliphatic heterocycles. The van der Waals surface area contributed by atoms with Crippen LogP contribution in [-0.2, 0) is 14.6 Å². The maximum absolute atomic E-state index is 13.1. The van der Waals surface area contributed by atoms with Gasteiger partial charge in [0.05, 0.1) is 24.2 Å². The van der Waals surface area contributed by atoms with Crippen molar-refractivity contribution in [1.29, 1.82) is 0 Å². The monoisotopic (exact) mass is 376 g/mol. The van der Waals surface area contributed by atoms with Crippen molar-refractivity contribution in [3.8, 4) is 5.75 Å². The molecule has 0 heterocycles. The summed E-state index contributed by atoms with van der Waals surface area (Å²) >= 11 is 0. The van der Waals surface area contributed by atoms with E-state index in [4.69, 9.17) is 4.74 Å². The van der Waals surface area contributed by atoms with Crippen LogP contribution in [-0.4, -0.2) is 33.5 Å². The highest BCUT2D eigenvalue weighted by atomic mass is 32.2. The van der Waals surface area contributed by atoms with Gasteiger partial charge in [0.1, 0.15) is 10.6 Å². The van der Waals surface area contributed by atoms with E-state index in [1.165, 1.54) is 19.2 Å². The van der Waals surface area contributed by atoms with E-state index < -0.39 is 9.84 Å². The van der Waals surface area contributed by atoms with Crippen molar-refractivity contribution in [2.75, 3.05) is 19.0 Å². The zero-order chi connectivity index (χ0) is 19.4. The Morgan fingerprint density at radius 3 is 2.27 bits per heavy atom. The molecule has 0 aromatic heterocycles. The van der Waals surface area contributed by atoms with Crippen LogP contribution in [0.3, 0.4) is 0 Å². The molecule has 1 amide bonds. The number of benzene rings is 2. The van der Waals surface area contributed by atoms with Gasteiger partial charge in [-0.05, 0) is 45.0 Å². The van der Waals surface area contributed by atoms with Crippen LogP contribution in [0.2, 0.25) is 0 Å². The number of carbonyl (C=O) groups excluding carboxylic acids is 1. The summed E-state index contributed by atoms with van der Waals surface area (Å²) in [5.74, 6) is -0.0153. The standard InChI is InChI=1S/C19H24N2O4S/c1-19(2,3)21-17(22)13-20-15-11-8-12-16(25-4)18(15)26(23,24)14-9-6-5-7-10-14/h5-12,20H,13H2,1-4H3,(H,21,22). The van der Waals surface area contributed by atoms with Gasteiger partial charge in [0.25, 0.3) is 0 Å². The molecule has 0 spiro atoms. The molecule has 0 saturated heterocycles. The van der Waals surface area contributed by atoms with Crippen molar-refractivity contribution in [3.05, 3.63) is 48.5 Å². The average molecular weight is 376 g/mol. The third kappa shape index (κ3) is 4.76. The lowest BCUT2D eigenvalue weighted by Gasteiger charge is -2.21. The van der Waals surface area contributed by atoms with Gasteiger partial charge in [-0.15, -0.1) is 0 Å². The molecule has 0 aliphatic carbocycles. The number of carbonyl (C=O) groups is 1. The zero-order valence-electron chi connectivity index (χ0n) is 15.4. The lowest BCUT2D eigenvalue weighted by Crippen LogP contribution is -2.43. The van der Waals surface area contributed by atoms with Crippen molar-refractivity contribution >= 4 is 21.4 Å². The number of hydrogen-bond acceptors (Lipinski definition) is 5. The Kier molecular flexibility index (Phi) is 5.92. The zero-order valence-corrected chi connectivity index (χ0v) is 16.2. The summed E-state index contributed by atoms with van der Waals surface area (Å²) in [6, 6.07) is 13.0. The van der Waals surface area contributed by atoms with E-state index in [-0.39, 0.29) is 33.5 Å². The fraction of sp³-hybridized carbons (Fsp3) is 0.316. The second-order valence-corrected chi connectivity index (χ2v) is 8.69. The number of nitrogens with one attached hydrogen (secondary N) is 2. The number of amides is 1. The Labute approximate surface area is 154 Å². The van der Waals surface area contributed by atoms with Gasteiger partial charge < -0.3 is 15.4 Å². The smallest absolute Gasteiger partial charge is 0.239 e. The van der Waals surface area contributed by atoms with Gasteiger partial charge in [0, 0.05) is 5.54 Å². The van der Waals surface area contributed by atoms with Crippen LogP contribution >= 0.6 is 0 Å². The van der Waals surface area contributed by atoms with Crippen molar-refractivity contribution in [2.45, 2.75) is 36.1 Å². The Bertz CT molecular complexity index is 872. The van der Waals surface area contributed by atoms with Crippen LogP contribution < -0.4 is 15.4 Å². The highest BCUT2D eigenvalue weighted by molar-refractivity contribution is 7.91. The molecule has 7 heteroatoms. The van der Waals surface area contributed by atoms with Gasteiger partial charge in [-0.3, -0.25) is 4.79 Å². The number of anilines is 1. The number of sulfone groups is 1. The van der Waals surface area contributed by atoms with Crippen LogP contribution in [0.15, 0.2) is 58.3 Å². The largest absolute Gasteiger partial charge is 0.495 e. The second kappa shape index (κ2) is 7.78. The van der Waals surface area contributed by atoms with Crippen molar-refractivity contribution in [2.24, 2.45) is 0 Å². The summed E-state index contributed by atoms with van der Waals surface area (Å²) < 4.78 is 31.4. The molecule has 0 fully saturated rings. The minimum Gasteiger partial charge on any atom is -0.495 e. The molecule has 0 unspecified atom stereocenters. The third-order valence-corrected chi connectivity index (χ3v) is 5.33. The summed E-state index contributed by atoms with van der Waals surface area (Å²) in [5.41, 5.74) is -0.0521. The minimum absolute atomic E-state index is 0.0114. The van der Waals surface area contributed by atoms with E-state index in [2.05, 4.69) is 10.6 Å². The number of hydrogen-bond donors (Lipinski definition) is 2. The first-order valence-corrected chi connectivity index (χ1v) is 9.65. The van der Waals surface area contributed by atoms with Crippen molar-refractivity contribution in [3.63, 3.8) is 0 Å². The molecular weight excluding hydrogens is 352 g/mol. The molecule has 0 radical (unpaired) electrons. The first kappa shape index (κ1) is 19.8. The molecule has 0 bridgehead atoms. The van der Waals surface area contributed by atoms with Gasteiger partial charge in [-0.2, -0.15) is 0 Å². The quantitative estimate of drug-likeness (QED) is 0.810. The predicted molar refractivity (Wildman–Crippen MR) is 101 cm³/mol. The van der Waals surface area contributed by atoms with E-state index in [1.54, 1.807) is 36.4 Å². The SMILES string of the molecule is COc1cccc(NCC(=O)NC(C)(C)C)c1S(=O)(=O)c1ccccc1. The molecule has 2 aromatic carbocycles. The first-order valence-electron chi connectivity index (χ1n) is 8.17. The van der Waals surface area contributed by atoms with Crippen LogP contribution in [0.4, 0.5) is 5.69 Å². The van der Waals surface area contributed by atoms with E-state index in [9.17, 15) is 13.2 Å². The van der Waals surface area contributed by atoms with Crippen molar-refractivity contribution < 1.29 is 17.9 Å². The lowest BCUT2D eigenvalue weighted by molar-refractivity contribution is -0.120. The maximum atomic E-state index is 13.1. The number of ether oxygens (including phenoxy) is 1. The highest BCUT2D eigenvalue weighted by Crippen LogP contribution is 2.35. The van der Waals surface area contributed by atoms with Gasteiger partial charge in [-0.25, -0.2) is 8.42 Å². The first-order chi connectivity index (χ1) is 12.1. The molecular formula is C19H24N2O4S. The summed E-state index contributed by atoms with van der Waals surface area (Å²) in [5, 5.41) is 5.74. The molecule has 2 aromatic rings. The van der Waals surface area contributed by atoms with Crippen molar-refractivity contribution in [1.82, 2.24) is 5.32 Å². The summed E-state index contributed by atoms with van der Waals surface area (Å²) in [7, 11) is -2.40. The molecule has 0 aliphatic rings. The van der Waals surface area contributed by atoms with Gasteiger partial charge in [0.15, 0.2) is 0 Å². The summed E-state index contributed by atoms with van der Waals surface area (Å²) in [4.78, 5) is 12.2. The Morgan fingerprint density at radius 2 is 1.69 bits per heavy atom. The van der Waals surface area contributed by atoms with Crippen LogP contribution in [0.5, 0.6) is 5.75 Å². The van der Waals surface area contributed by atoms with E-state index >= 15 is 0 Å². The average Bonchev–Trinajstić information content (AvgIpc) is 2.58. The third-order valence-electron chi connectivity index (χ3n) is 3.47. The molecule has 26 heavy (non-hydrogen) atoms. The van der Waals surface area contributed by atoms with Gasteiger partial charge in [0.2, 0.25) is 15.7 Å². The van der Waals surface area contributed by atoms with Gasteiger partial charge >= 0.3 is 0 Å². The molecule has 0 saturated carbocycles. The van der Waals surface area contributed by atoms with E-state index in [0.717, 1.165) is 0 Å². The molecule has 6 nitrogen and oxygen atoms in total. The predicted octanol–water partition coefficient (Wildman–Crippen LogP) is 2.85. The highest BCUT2D eigenvalue weighted by Gasteiger charge is 2.26. The Morgan fingerprint density at radius 1 is 1.04 bits per heavy atom. The second-order valence-electron chi connectivity index (χ2n) is 6.81. The normalized spacial score (nSPS) is 11.7. The molecule has 2 N–H and O–H groups in total. The Hall–Kier alpha value is -2.54. The number of rotatable bonds is 6. The fourth-order valence-electron chi connectivity index (χ4n) is 2.45. The van der Waals surface area contributed by atoms with E-state index in [0.29, 0.717) is 5.69 Å². The minimum atomic E-state index is -3.81. The lowest BCUT2D eigenvalue weighted by atomic mass is 10.1. The van der Waals surface area contributed by atoms with E-state index in [1.807, 2.05) is 20.8 Å². The Balaban J connectivity index is 2.39. The summed E-state index contributed by atoms with van der Waals surface area (Å²) in [6.07, 6.45) is 0. The van der Waals surface area contributed by atoms with Crippen LogP contribution in [0, 0.1) is 0 Å². The molecule has 140 valence electrons. The molecule has 2 rings (SSSR count). The van der Waals surface area contributed by atoms with Gasteiger partial charge in [-0.1, -0.05) is 24.3 Å². The summed E-state index contributed by atoms with van der Waals surface area (Å²) in [6.45, 7) is 5.58. The topological polar surface area (TPSA) is 84.5 Å². The number of methoxy groups -OCH3 is 1. The maximum Gasteiger partial charge on any atom is 0.239 e. The van der Waals surface area contributed by atoms with Crippen LogP contribution in [0.25, 0.3) is 0 Å². The fourth-order valence-corrected chi connectivity index (χ4v) is 4.05.